The molecule has 0 aliphatic rings. The van der Waals surface area contributed by atoms with Crippen LogP contribution in [0.1, 0.15) is 34.5 Å². The van der Waals surface area contributed by atoms with Crippen LogP contribution in [0.5, 0.6) is 0 Å². The smallest absolute Gasteiger partial charge is 0.360 e. The van der Waals surface area contributed by atoms with Crippen LogP contribution in [-0.4, -0.2) is 38.4 Å². The predicted octanol–water partition coefficient (Wildman–Crippen LogP) is 0.367. The quantitative estimate of drug-likeness (QED) is 0.724. The van der Waals surface area contributed by atoms with Gasteiger partial charge in [-0.15, -0.1) is 5.10 Å². The summed E-state index contributed by atoms with van der Waals surface area (Å²) in [5.41, 5.74) is 2.27. The van der Waals surface area contributed by atoms with E-state index in [1.165, 1.54) is 7.11 Å². The molecular weight excluding hydrogens is 238 g/mol. The van der Waals surface area contributed by atoms with Crippen molar-refractivity contribution in [2.45, 2.75) is 26.8 Å². The molecule has 0 bridgehead atoms. The number of carbonyl (C=O) groups excluding carboxylic acids is 1. The maximum atomic E-state index is 11.5. The third-order valence-corrected chi connectivity index (χ3v) is 2.60. The molecule has 2 aromatic heterocycles. The van der Waals surface area contributed by atoms with Crippen LogP contribution >= 0.6 is 0 Å². The molecule has 18 heavy (non-hydrogen) atoms. The molecule has 0 aliphatic heterocycles. The van der Waals surface area contributed by atoms with E-state index in [2.05, 4.69) is 30.0 Å². The minimum Gasteiger partial charge on any atom is -0.464 e. The Morgan fingerprint density at radius 2 is 2.22 bits per heavy atom. The Labute approximate surface area is 103 Å². The molecule has 0 unspecified atom stereocenters. The molecule has 2 heterocycles. The molecule has 2 aromatic rings. The van der Waals surface area contributed by atoms with E-state index in [4.69, 9.17) is 0 Å². The first kappa shape index (κ1) is 12.2. The van der Waals surface area contributed by atoms with Crippen molar-refractivity contribution in [2.24, 2.45) is 0 Å². The highest BCUT2D eigenvalue weighted by atomic mass is 16.6. The van der Waals surface area contributed by atoms with E-state index < -0.39 is 5.97 Å². The lowest BCUT2D eigenvalue weighted by molar-refractivity contribution is 0.0592. The number of hydrogen-bond donors (Lipinski definition) is 0. The summed E-state index contributed by atoms with van der Waals surface area (Å²) in [7, 11) is 1.31. The van der Waals surface area contributed by atoms with Gasteiger partial charge >= 0.3 is 5.97 Å². The molecule has 0 spiro atoms. The van der Waals surface area contributed by atoms with Crippen molar-refractivity contribution in [1.82, 2.24) is 25.3 Å². The summed E-state index contributed by atoms with van der Waals surface area (Å²) in [6.45, 7) is 4.06. The fraction of sp³-hybridized carbons (Fsp3) is 0.500. The third kappa shape index (κ3) is 2.08. The summed E-state index contributed by atoms with van der Waals surface area (Å²) < 4.78 is 10.9. The highest BCUT2D eigenvalue weighted by Gasteiger charge is 2.20. The number of aromatic nitrogens is 5. The molecule has 0 saturated heterocycles. The number of hydrogen-bond acceptors (Lipinski definition) is 7. The maximum absolute atomic E-state index is 11.5. The van der Waals surface area contributed by atoms with E-state index in [9.17, 15) is 4.79 Å². The number of esters is 1. The van der Waals surface area contributed by atoms with Gasteiger partial charge in [0.2, 0.25) is 0 Å². The lowest BCUT2D eigenvalue weighted by atomic mass is 10.2. The molecule has 0 N–H and O–H groups in total. The van der Waals surface area contributed by atoms with Crippen molar-refractivity contribution in [1.29, 1.82) is 0 Å². The lowest BCUT2D eigenvalue weighted by Crippen LogP contribution is -2.10. The van der Waals surface area contributed by atoms with Crippen LogP contribution in [-0.2, 0) is 17.7 Å². The Kier molecular flexibility index (Phi) is 3.35. The van der Waals surface area contributed by atoms with E-state index in [0.717, 1.165) is 0 Å². The van der Waals surface area contributed by atoms with Gasteiger partial charge in [-0.3, -0.25) is 0 Å². The van der Waals surface area contributed by atoms with Crippen LogP contribution in [0.2, 0.25) is 0 Å². The van der Waals surface area contributed by atoms with E-state index in [1.807, 2.05) is 6.92 Å². The first-order valence-electron chi connectivity index (χ1n) is 5.46. The van der Waals surface area contributed by atoms with Gasteiger partial charge in [0, 0.05) is 0 Å². The average molecular weight is 251 g/mol. The third-order valence-electron chi connectivity index (χ3n) is 2.60. The minimum atomic E-state index is -0.493. The van der Waals surface area contributed by atoms with Crippen LogP contribution in [0.3, 0.4) is 0 Å². The average Bonchev–Trinajstić information content (AvgIpc) is 2.96. The van der Waals surface area contributed by atoms with Gasteiger partial charge in [-0.05, 0) is 13.3 Å². The van der Waals surface area contributed by atoms with E-state index in [0.29, 0.717) is 30.0 Å². The van der Waals surface area contributed by atoms with Crippen molar-refractivity contribution in [3.8, 4) is 0 Å². The number of rotatable bonds is 4. The fourth-order valence-corrected chi connectivity index (χ4v) is 1.60. The van der Waals surface area contributed by atoms with Crippen LogP contribution in [0.4, 0.5) is 0 Å². The Hall–Kier alpha value is -2.25. The Morgan fingerprint density at radius 3 is 2.78 bits per heavy atom. The van der Waals surface area contributed by atoms with Gasteiger partial charge in [0.05, 0.1) is 19.3 Å². The van der Waals surface area contributed by atoms with Crippen molar-refractivity contribution < 1.29 is 14.2 Å². The summed E-state index contributed by atoms with van der Waals surface area (Å²) in [5, 5.41) is 15.2. The van der Waals surface area contributed by atoms with Gasteiger partial charge in [-0.2, -0.15) is 0 Å². The molecule has 0 aromatic carbocycles. The molecule has 8 nitrogen and oxygen atoms in total. The normalized spacial score (nSPS) is 10.6. The van der Waals surface area contributed by atoms with Crippen molar-refractivity contribution in [3.05, 3.63) is 22.8 Å². The van der Waals surface area contributed by atoms with E-state index in [1.54, 1.807) is 11.6 Å². The predicted molar refractivity (Wildman–Crippen MR) is 58.9 cm³/mol. The molecule has 0 radical (unpaired) electrons. The SMILES string of the molecule is CCc1c(C(=O)OC)nnn1Cc1nonc1C. The maximum Gasteiger partial charge on any atom is 0.360 e. The number of aryl methyl sites for hydroxylation is 1. The van der Waals surface area contributed by atoms with Gasteiger partial charge in [-0.25, -0.2) is 14.1 Å². The molecular formula is C10H13N5O3. The van der Waals surface area contributed by atoms with Gasteiger partial charge in [0.1, 0.15) is 11.4 Å². The molecule has 8 heteroatoms. The largest absolute Gasteiger partial charge is 0.464 e. The number of ether oxygens (including phenoxy) is 1. The number of methoxy groups -OCH3 is 1. The summed E-state index contributed by atoms with van der Waals surface area (Å²) >= 11 is 0. The van der Waals surface area contributed by atoms with Crippen molar-refractivity contribution in [3.63, 3.8) is 0 Å². The second-order valence-corrected chi connectivity index (χ2v) is 3.68. The molecule has 0 aliphatic carbocycles. The molecule has 0 saturated carbocycles. The topological polar surface area (TPSA) is 95.9 Å². The van der Waals surface area contributed by atoms with Crippen LogP contribution in [0.25, 0.3) is 0 Å². The van der Waals surface area contributed by atoms with Crippen LogP contribution in [0.15, 0.2) is 4.63 Å². The summed E-state index contributed by atoms with van der Waals surface area (Å²) in [4.78, 5) is 11.5. The van der Waals surface area contributed by atoms with Gasteiger partial charge < -0.3 is 4.74 Å². The lowest BCUT2D eigenvalue weighted by Gasteiger charge is -2.03. The van der Waals surface area contributed by atoms with E-state index in [-0.39, 0.29) is 5.69 Å². The number of carbonyl (C=O) groups is 1. The minimum absolute atomic E-state index is 0.231. The van der Waals surface area contributed by atoms with Gasteiger partial charge in [0.15, 0.2) is 5.69 Å². The molecule has 0 amide bonds. The Balaban J connectivity index is 2.32. The monoisotopic (exact) mass is 251 g/mol. The number of nitrogens with zero attached hydrogens (tertiary/aromatic N) is 5. The van der Waals surface area contributed by atoms with Crippen molar-refractivity contribution in [2.75, 3.05) is 7.11 Å². The molecule has 2 rings (SSSR count). The summed E-state index contributed by atoms with van der Waals surface area (Å²) in [6, 6.07) is 0. The first-order valence-corrected chi connectivity index (χ1v) is 5.46. The van der Waals surface area contributed by atoms with Crippen LogP contribution < -0.4 is 0 Å². The van der Waals surface area contributed by atoms with E-state index >= 15 is 0 Å². The summed E-state index contributed by atoms with van der Waals surface area (Å²) in [6.07, 6.45) is 0.613. The highest BCUT2D eigenvalue weighted by molar-refractivity contribution is 5.88. The summed E-state index contributed by atoms with van der Waals surface area (Å²) in [5.74, 6) is -0.493. The Morgan fingerprint density at radius 1 is 1.44 bits per heavy atom. The van der Waals surface area contributed by atoms with Gasteiger partial charge in [-0.1, -0.05) is 22.5 Å². The molecule has 96 valence electrons. The zero-order valence-corrected chi connectivity index (χ0v) is 10.4. The van der Waals surface area contributed by atoms with Crippen LogP contribution in [0, 0.1) is 6.92 Å². The fourth-order valence-electron chi connectivity index (χ4n) is 1.60. The van der Waals surface area contributed by atoms with Crippen molar-refractivity contribution >= 4 is 5.97 Å². The van der Waals surface area contributed by atoms with Gasteiger partial charge in [0.25, 0.3) is 0 Å². The highest BCUT2D eigenvalue weighted by Crippen LogP contribution is 2.11. The second-order valence-electron chi connectivity index (χ2n) is 3.68. The zero-order valence-electron chi connectivity index (χ0n) is 10.4. The standard InChI is InChI=1S/C10H13N5O3/c1-4-8-9(10(16)17-3)11-14-15(8)5-7-6(2)12-18-13-7/h4-5H2,1-3H3. The first-order chi connectivity index (χ1) is 8.67. The second kappa shape index (κ2) is 4.94. The molecule has 0 fully saturated rings. The zero-order chi connectivity index (χ0) is 13.1. The Bertz CT molecular complexity index is 560. The molecule has 0 atom stereocenters.